The maximum atomic E-state index is 13.2. The number of aliphatic imine (C=N–C) groups is 3. The number of ether oxygens (including phenoxy) is 3. The topological polar surface area (TPSA) is 311 Å². The second-order valence-corrected chi connectivity index (χ2v) is 15.2. The summed E-state index contributed by atoms with van der Waals surface area (Å²) in [4.78, 5) is 78.4. The van der Waals surface area contributed by atoms with E-state index in [9.17, 15) is 24.0 Å². The minimum Gasteiger partial charge on any atom is -0.494 e. The number of hydrogen-bond donors (Lipinski definition) is 7. The number of amides is 4. The Kier molecular flexibility index (Phi) is 22.5. The van der Waals surface area contributed by atoms with Crippen molar-refractivity contribution >= 4 is 76.6 Å². The van der Waals surface area contributed by atoms with Gasteiger partial charge in [0.05, 0.1) is 30.7 Å². The molecule has 3 rings (SSSR count). The molecule has 4 amide bonds. The molecule has 0 saturated carbocycles. The van der Waals surface area contributed by atoms with Gasteiger partial charge in [0.2, 0.25) is 17.8 Å². The number of primary amides is 2. The fourth-order valence-corrected chi connectivity index (χ4v) is 5.90. The summed E-state index contributed by atoms with van der Waals surface area (Å²) in [7, 11) is 3.15. The number of fused-ring (bicyclic) bond motifs is 1. The molecule has 0 aliphatic rings. The summed E-state index contributed by atoms with van der Waals surface area (Å²) in [6.07, 6.45) is 10.3. The molecule has 67 heavy (non-hydrogen) atoms. The molecule has 0 bridgehead atoms. The molecule has 0 aliphatic heterocycles. The predicted molar refractivity (Wildman–Crippen MR) is 265 cm³/mol. The van der Waals surface area contributed by atoms with Crippen molar-refractivity contribution in [2.45, 2.75) is 60.6 Å². The first kappa shape index (κ1) is 55.2. The van der Waals surface area contributed by atoms with E-state index in [4.69, 9.17) is 37.1 Å². The van der Waals surface area contributed by atoms with Crippen molar-refractivity contribution in [2.24, 2.45) is 37.9 Å². The van der Waals surface area contributed by atoms with Crippen LogP contribution >= 0.6 is 0 Å². The van der Waals surface area contributed by atoms with E-state index in [-0.39, 0.29) is 55.5 Å². The second kappa shape index (κ2) is 27.4. The number of hydrogen-bond acceptors (Lipinski definition) is 16. The van der Waals surface area contributed by atoms with Crippen molar-refractivity contribution in [1.82, 2.24) is 20.2 Å². The van der Waals surface area contributed by atoms with Crippen LogP contribution in [0.4, 0.5) is 22.1 Å². The van der Waals surface area contributed by atoms with Crippen molar-refractivity contribution < 1.29 is 38.2 Å². The minimum atomic E-state index is -0.681. The molecule has 0 fully saturated rings. The van der Waals surface area contributed by atoms with Gasteiger partial charge in [0, 0.05) is 62.3 Å². The maximum Gasteiger partial charge on any atom is 0.407 e. The largest absolute Gasteiger partial charge is 0.494 e. The van der Waals surface area contributed by atoms with E-state index >= 15 is 0 Å². The summed E-state index contributed by atoms with van der Waals surface area (Å²) in [6.45, 7) is 17.8. The Hall–Kier alpha value is -7.97. The lowest BCUT2D eigenvalue weighted by Gasteiger charge is -2.27. The predicted octanol–water partition coefficient (Wildman–Crippen LogP) is 4.04. The van der Waals surface area contributed by atoms with E-state index in [1.807, 2.05) is 23.6 Å². The Morgan fingerprint density at radius 3 is 2.07 bits per heavy atom. The quantitative estimate of drug-likeness (QED) is 0.0306. The number of benzene rings is 2. The molecule has 3 aromatic rings. The molecule has 1 heterocycles. The normalized spacial score (nSPS) is 12.3. The molecule has 0 spiro atoms. The van der Waals surface area contributed by atoms with Crippen molar-refractivity contribution in [3.63, 3.8) is 0 Å². The van der Waals surface area contributed by atoms with Crippen molar-refractivity contribution in [3.05, 3.63) is 83.2 Å². The van der Waals surface area contributed by atoms with Crippen LogP contribution in [0.3, 0.4) is 0 Å². The van der Waals surface area contributed by atoms with E-state index in [1.54, 1.807) is 83.9 Å². The number of allylic oxidation sites excluding steroid dienone is 4. The van der Waals surface area contributed by atoms with Crippen LogP contribution in [0.15, 0.2) is 87.1 Å². The average Bonchev–Trinajstić information content (AvgIpc) is 3.63. The molecule has 21 heteroatoms. The first-order valence-corrected chi connectivity index (χ1v) is 21.1. The lowest BCUT2D eigenvalue weighted by Crippen LogP contribution is -2.41. The third-order valence-corrected chi connectivity index (χ3v) is 8.60. The van der Waals surface area contributed by atoms with E-state index in [0.29, 0.717) is 70.6 Å². The monoisotopic (exact) mass is 928 g/mol. The maximum absolute atomic E-state index is 13.2. The van der Waals surface area contributed by atoms with Gasteiger partial charge >= 0.3 is 6.09 Å². The van der Waals surface area contributed by atoms with Crippen LogP contribution in [0, 0.1) is 0 Å². The van der Waals surface area contributed by atoms with Crippen molar-refractivity contribution in [3.8, 4) is 11.5 Å². The fourth-order valence-electron chi connectivity index (χ4n) is 5.90. The number of nitrogens with one attached hydrogen (secondary N) is 3. The fraction of sp³-hybridized carbons (Fsp3) is 0.370. The zero-order valence-corrected chi connectivity index (χ0v) is 39.8. The summed E-state index contributed by atoms with van der Waals surface area (Å²) < 4.78 is 18.9. The number of nitrogens with two attached hydrogens (primary N) is 4. The number of nitrogens with zero attached hydrogens (tertiary/aromatic N) is 6. The molecule has 11 N–H and O–H groups in total. The van der Waals surface area contributed by atoms with Gasteiger partial charge in [-0.15, -0.1) is 0 Å². The highest BCUT2D eigenvalue weighted by molar-refractivity contribution is 6.43. The highest BCUT2D eigenvalue weighted by atomic mass is 16.6. The summed E-state index contributed by atoms with van der Waals surface area (Å²) in [5, 5.41) is 8.60. The van der Waals surface area contributed by atoms with Crippen LogP contribution in [0.5, 0.6) is 11.5 Å². The molecule has 0 saturated heterocycles. The molecule has 1 aromatic heterocycles. The Balaban J connectivity index is 0.00000137. The number of alkyl carbamates (subject to hydrolysis) is 1. The average molecular weight is 928 g/mol. The van der Waals surface area contributed by atoms with Crippen LogP contribution in [0.2, 0.25) is 0 Å². The van der Waals surface area contributed by atoms with Gasteiger partial charge in [-0.05, 0) is 97.7 Å². The molecule has 362 valence electrons. The van der Waals surface area contributed by atoms with Crippen LogP contribution < -0.4 is 53.3 Å². The lowest BCUT2D eigenvalue weighted by molar-refractivity contribution is -0.114. The Labute approximate surface area is 391 Å². The van der Waals surface area contributed by atoms with Gasteiger partial charge < -0.3 is 62.6 Å². The van der Waals surface area contributed by atoms with E-state index in [2.05, 4.69) is 42.6 Å². The molecule has 0 radical (unpaired) electrons. The van der Waals surface area contributed by atoms with Gasteiger partial charge in [0.25, 0.3) is 5.91 Å². The van der Waals surface area contributed by atoms with Crippen LogP contribution in [-0.4, -0.2) is 117 Å². The van der Waals surface area contributed by atoms with Gasteiger partial charge in [0.1, 0.15) is 40.6 Å². The molecule has 0 unspecified atom stereocenters. The zero-order valence-electron chi connectivity index (χ0n) is 39.8. The standard InChI is InChI=1S/C39H53N11O7.C7H12N2O/c1-9-45-29(18-24(2)40)36(53)47-23-49(32-27(43-6)19-25(34(41)51)21-30(32)55-8)15-11-12-16-50-33-28(48-37(50)44-7)20-26(35(42)52)22-31(33)56-17-13-10-14-46-38(54)57-39(3,4)5;1-3-9-7(5-10)4-6(2)8/h10-13,18-22H,6,9,14-17,23,40H2,1-5,7-8H3,(H2,41,51)(H2,42,52)(H,44,48)(H,46,54)(H,47,53);4-5H,3,8H2,1-2H3/b12-11+,13-10+,24-18-,45-29?;6-4-,9-7?. The number of carbonyl (C=O) groups excluding carboxylic acids is 5. The van der Waals surface area contributed by atoms with Gasteiger partial charge in [-0.2, -0.15) is 0 Å². The molecule has 0 atom stereocenters. The third kappa shape index (κ3) is 18.2. The Bertz CT molecular complexity index is 2420. The number of imidazole rings is 1. The van der Waals surface area contributed by atoms with Crippen molar-refractivity contribution in [1.29, 1.82) is 0 Å². The zero-order chi connectivity index (χ0) is 50.3. The van der Waals surface area contributed by atoms with Gasteiger partial charge in [-0.1, -0.05) is 18.2 Å². The SMILES string of the molecule is C=Nc1cc(C(N)=O)cc(OC)c1N(C/C=C/Cn1c(NC)nc2cc(C(N)=O)cc(OC/C=C/CNC(=O)OC(C)(C)C)c21)CNC(=O)C(/C=C(/C)N)=NCC.CCN=C(C=O)/C=C(/C)N. The number of rotatable bonds is 23. The molecule has 0 aliphatic carbocycles. The highest BCUT2D eigenvalue weighted by Crippen LogP contribution is 2.39. The number of methoxy groups -OCH3 is 1. The number of aldehydes is 1. The number of carbonyl (C=O) groups is 5. The number of aromatic nitrogens is 2. The van der Waals surface area contributed by atoms with E-state index in [0.717, 1.165) is 0 Å². The first-order valence-electron chi connectivity index (χ1n) is 21.1. The van der Waals surface area contributed by atoms with Crippen molar-refractivity contribution in [2.75, 3.05) is 63.8 Å². The smallest absolute Gasteiger partial charge is 0.407 e. The molecule has 2 aromatic carbocycles. The third-order valence-electron chi connectivity index (χ3n) is 8.60. The minimum absolute atomic E-state index is 0.0391. The van der Waals surface area contributed by atoms with Crippen LogP contribution in [0.1, 0.15) is 69.2 Å². The summed E-state index contributed by atoms with van der Waals surface area (Å²) in [5.74, 6) is -0.686. The summed E-state index contributed by atoms with van der Waals surface area (Å²) in [6, 6.07) is 6.11. The number of anilines is 2. The van der Waals surface area contributed by atoms with E-state index < -0.39 is 29.4 Å². The summed E-state index contributed by atoms with van der Waals surface area (Å²) in [5.41, 5.74) is 25.5. The summed E-state index contributed by atoms with van der Waals surface area (Å²) >= 11 is 0. The molecular weight excluding hydrogens is 863 g/mol. The van der Waals surface area contributed by atoms with Gasteiger partial charge in [-0.3, -0.25) is 34.2 Å². The second-order valence-electron chi connectivity index (χ2n) is 15.2. The lowest BCUT2D eigenvalue weighted by atomic mass is 10.1. The Morgan fingerprint density at radius 2 is 1.52 bits per heavy atom. The molecule has 21 nitrogen and oxygen atoms in total. The van der Waals surface area contributed by atoms with Crippen LogP contribution in [0.25, 0.3) is 11.0 Å². The Morgan fingerprint density at radius 1 is 0.881 bits per heavy atom. The van der Waals surface area contributed by atoms with Gasteiger partial charge in [-0.25, -0.2) is 9.78 Å². The van der Waals surface area contributed by atoms with Gasteiger partial charge in [0.15, 0.2) is 6.29 Å². The molecular formula is C46H65N13O8. The first-order chi connectivity index (χ1) is 31.7. The highest BCUT2D eigenvalue weighted by Gasteiger charge is 2.22. The van der Waals surface area contributed by atoms with E-state index in [1.165, 1.54) is 25.3 Å². The van der Waals surface area contributed by atoms with Crippen LogP contribution in [-0.2, 0) is 20.9 Å².